The van der Waals surface area contributed by atoms with Crippen molar-refractivity contribution in [1.29, 1.82) is 0 Å². The quantitative estimate of drug-likeness (QED) is 0.226. The molecule has 0 saturated heterocycles. The minimum absolute atomic E-state index is 0.618. The molecule has 0 fully saturated rings. The SMILES string of the molecule is CC.CC.CC.Clc1cc(N(C2=CCCC=C2)c2ccccc2)c(Cl)c(N(c2ccccc2)c2ccccc2)c1. The maximum atomic E-state index is 7.25. The number of nitrogens with zero attached hydrogens (tertiary/aromatic N) is 2. The maximum absolute atomic E-state index is 7.25. The van der Waals surface area contributed by atoms with E-state index in [4.69, 9.17) is 23.2 Å². The highest BCUT2D eigenvalue weighted by atomic mass is 35.5. The summed E-state index contributed by atoms with van der Waals surface area (Å²) in [6.07, 6.45) is 8.62. The molecule has 0 heterocycles. The molecule has 4 heteroatoms. The molecule has 40 heavy (non-hydrogen) atoms. The van der Waals surface area contributed by atoms with Gasteiger partial charge in [-0.3, -0.25) is 0 Å². The number of hydrogen-bond donors (Lipinski definition) is 0. The summed E-state index contributed by atoms with van der Waals surface area (Å²) in [5, 5.41) is 1.24. The summed E-state index contributed by atoms with van der Waals surface area (Å²) in [4.78, 5) is 4.33. The predicted octanol–water partition coefficient (Wildman–Crippen LogP) is 12.9. The van der Waals surface area contributed by atoms with Crippen LogP contribution in [-0.4, -0.2) is 0 Å². The Balaban J connectivity index is 0.000000876. The minimum Gasteiger partial charge on any atom is -0.309 e. The summed E-state index contributed by atoms with van der Waals surface area (Å²) in [5.74, 6) is 0. The molecule has 210 valence electrons. The molecule has 2 nitrogen and oxygen atoms in total. The van der Waals surface area contributed by atoms with E-state index in [1.165, 1.54) is 0 Å². The minimum atomic E-state index is 0.618. The Morgan fingerprint density at radius 1 is 0.525 bits per heavy atom. The molecule has 0 radical (unpaired) electrons. The van der Waals surface area contributed by atoms with E-state index >= 15 is 0 Å². The van der Waals surface area contributed by atoms with Crippen molar-refractivity contribution in [2.45, 2.75) is 54.4 Å². The number of benzene rings is 4. The molecular formula is C36H42Cl2N2. The summed E-state index contributed by atoms with van der Waals surface area (Å²) >= 11 is 14.0. The summed E-state index contributed by atoms with van der Waals surface area (Å²) in [5.41, 5.74) is 5.78. The molecule has 4 aromatic rings. The molecule has 0 saturated carbocycles. The van der Waals surface area contributed by atoms with Gasteiger partial charge < -0.3 is 9.80 Å². The fourth-order valence-electron chi connectivity index (χ4n) is 4.24. The van der Waals surface area contributed by atoms with E-state index in [1.54, 1.807) is 0 Å². The average molecular weight is 574 g/mol. The summed E-state index contributed by atoms with van der Waals surface area (Å²) in [6, 6.07) is 34.6. The number of anilines is 5. The molecule has 5 rings (SSSR count). The van der Waals surface area contributed by atoms with Crippen molar-refractivity contribution in [3.63, 3.8) is 0 Å². The standard InChI is InChI=1S/C30H24Cl2N2.3C2H6/c31-23-21-28(33(24-13-5-1-6-14-24)25-15-7-2-8-16-25)30(32)29(22-23)34(26-17-9-3-10-18-26)27-19-11-4-12-20-27;3*1-2/h1-3,5-11,13-22H,4,12H2;3*1-2H3. The van der Waals surface area contributed by atoms with Crippen LogP contribution >= 0.6 is 23.2 Å². The van der Waals surface area contributed by atoms with Gasteiger partial charge in [-0.1, -0.05) is 131 Å². The van der Waals surface area contributed by atoms with Crippen LogP contribution in [0.4, 0.5) is 28.4 Å². The summed E-state index contributed by atoms with van der Waals surface area (Å²) < 4.78 is 0. The van der Waals surface area contributed by atoms with Crippen molar-refractivity contribution in [2.24, 2.45) is 0 Å². The molecule has 1 aliphatic rings. The van der Waals surface area contributed by atoms with Gasteiger partial charge in [0.2, 0.25) is 0 Å². The van der Waals surface area contributed by atoms with Gasteiger partial charge >= 0.3 is 0 Å². The van der Waals surface area contributed by atoms with Crippen LogP contribution in [0.2, 0.25) is 10.0 Å². The van der Waals surface area contributed by atoms with Crippen LogP contribution < -0.4 is 9.80 Å². The first kappa shape index (κ1) is 32.8. The van der Waals surface area contributed by atoms with Crippen molar-refractivity contribution in [3.8, 4) is 0 Å². The van der Waals surface area contributed by atoms with Crippen molar-refractivity contribution < 1.29 is 0 Å². The number of para-hydroxylation sites is 3. The van der Waals surface area contributed by atoms with Crippen LogP contribution in [0.25, 0.3) is 0 Å². The van der Waals surface area contributed by atoms with Gasteiger partial charge in [-0.25, -0.2) is 0 Å². The molecule has 0 spiro atoms. The number of halogens is 2. The largest absolute Gasteiger partial charge is 0.309 e. The van der Waals surface area contributed by atoms with Crippen LogP contribution in [0, 0.1) is 0 Å². The Hall–Kier alpha value is -3.46. The smallest absolute Gasteiger partial charge is 0.0888 e. The lowest BCUT2D eigenvalue weighted by atomic mass is 10.1. The first-order chi connectivity index (χ1) is 19.7. The number of hydrogen-bond acceptors (Lipinski definition) is 2. The van der Waals surface area contributed by atoms with Crippen molar-refractivity contribution in [3.05, 3.63) is 137 Å². The fraction of sp³-hybridized carbons (Fsp3) is 0.222. The molecule has 0 atom stereocenters. The van der Waals surface area contributed by atoms with Crippen LogP contribution in [0.3, 0.4) is 0 Å². The second-order valence-corrected chi connectivity index (χ2v) is 8.86. The van der Waals surface area contributed by atoms with Crippen molar-refractivity contribution >= 4 is 51.6 Å². The third-order valence-electron chi connectivity index (χ3n) is 5.76. The van der Waals surface area contributed by atoms with Gasteiger partial charge in [-0.15, -0.1) is 0 Å². The maximum Gasteiger partial charge on any atom is 0.0888 e. The zero-order valence-corrected chi connectivity index (χ0v) is 26.1. The monoisotopic (exact) mass is 572 g/mol. The van der Waals surface area contributed by atoms with Gasteiger partial charge in [0.25, 0.3) is 0 Å². The number of rotatable bonds is 6. The molecule has 0 aromatic heterocycles. The highest BCUT2D eigenvalue weighted by Crippen LogP contribution is 2.47. The Bertz CT molecular complexity index is 1280. The summed E-state index contributed by atoms with van der Waals surface area (Å²) in [7, 11) is 0. The Labute approximate surface area is 252 Å². The molecule has 1 aliphatic carbocycles. The van der Waals surface area contributed by atoms with E-state index in [-0.39, 0.29) is 0 Å². The molecular weight excluding hydrogens is 531 g/mol. The van der Waals surface area contributed by atoms with Crippen molar-refractivity contribution in [1.82, 2.24) is 0 Å². The van der Waals surface area contributed by atoms with E-state index < -0.39 is 0 Å². The van der Waals surface area contributed by atoms with Gasteiger partial charge in [-0.2, -0.15) is 0 Å². The molecule has 4 aromatic carbocycles. The zero-order chi connectivity index (χ0) is 29.3. The Kier molecular flexibility index (Phi) is 14.7. The van der Waals surface area contributed by atoms with Gasteiger partial charge in [0.05, 0.1) is 16.4 Å². The fourth-order valence-corrected chi connectivity index (χ4v) is 4.72. The van der Waals surface area contributed by atoms with E-state index in [9.17, 15) is 0 Å². The molecule has 0 aliphatic heterocycles. The van der Waals surface area contributed by atoms with Gasteiger partial charge in [0.1, 0.15) is 0 Å². The Morgan fingerprint density at radius 2 is 0.925 bits per heavy atom. The van der Waals surface area contributed by atoms with Crippen LogP contribution in [0.15, 0.2) is 127 Å². The zero-order valence-electron chi connectivity index (χ0n) is 24.6. The van der Waals surface area contributed by atoms with Gasteiger partial charge in [0, 0.05) is 27.8 Å². The highest BCUT2D eigenvalue weighted by Gasteiger charge is 2.23. The lowest BCUT2D eigenvalue weighted by molar-refractivity contribution is 0.997. The van der Waals surface area contributed by atoms with E-state index in [1.807, 2.05) is 108 Å². The van der Waals surface area contributed by atoms with Crippen molar-refractivity contribution in [2.75, 3.05) is 9.80 Å². The van der Waals surface area contributed by atoms with Crippen LogP contribution in [0.5, 0.6) is 0 Å². The average Bonchev–Trinajstić information content (AvgIpc) is 3.04. The predicted molar refractivity (Wildman–Crippen MR) is 180 cm³/mol. The lowest BCUT2D eigenvalue weighted by Crippen LogP contribution is -2.18. The van der Waals surface area contributed by atoms with E-state index in [0.29, 0.717) is 10.0 Å². The van der Waals surface area contributed by atoms with E-state index in [2.05, 4.69) is 64.4 Å². The second-order valence-electron chi connectivity index (χ2n) is 8.04. The molecule has 0 amide bonds. The van der Waals surface area contributed by atoms with Crippen LogP contribution in [-0.2, 0) is 0 Å². The third-order valence-corrected chi connectivity index (χ3v) is 6.36. The first-order valence-corrected chi connectivity index (χ1v) is 15.1. The third kappa shape index (κ3) is 8.27. The first-order valence-electron chi connectivity index (χ1n) is 14.3. The number of allylic oxidation sites excluding steroid dienone is 3. The highest BCUT2D eigenvalue weighted by molar-refractivity contribution is 6.38. The lowest BCUT2D eigenvalue weighted by Gasteiger charge is -2.32. The molecule has 0 unspecified atom stereocenters. The van der Waals surface area contributed by atoms with Gasteiger partial charge in [-0.05, 0) is 67.4 Å². The van der Waals surface area contributed by atoms with Gasteiger partial charge in [0.15, 0.2) is 0 Å². The summed E-state index contributed by atoms with van der Waals surface area (Å²) in [6.45, 7) is 12.0. The van der Waals surface area contributed by atoms with E-state index in [0.717, 1.165) is 47.0 Å². The molecule has 0 bridgehead atoms. The second kappa shape index (κ2) is 18.0. The normalized spacial score (nSPS) is 11.3. The molecule has 0 N–H and O–H groups in total. The van der Waals surface area contributed by atoms with Crippen LogP contribution in [0.1, 0.15) is 54.4 Å². The Morgan fingerprint density at radius 3 is 1.32 bits per heavy atom. The topological polar surface area (TPSA) is 6.48 Å².